The molecule has 0 amide bonds. The predicted molar refractivity (Wildman–Crippen MR) is 101 cm³/mol. The second-order valence-electron chi connectivity index (χ2n) is 6.69. The van der Waals surface area contributed by atoms with Gasteiger partial charge in [0.1, 0.15) is 6.04 Å². The topological polar surface area (TPSA) is 122 Å². The van der Waals surface area contributed by atoms with E-state index in [1.54, 1.807) is 0 Å². The maximum absolute atomic E-state index is 11.1. The molecule has 0 aliphatic heterocycles. The Labute approximate surface area is 213 Å². The number of ether oxygens (including phenoxy) is 1. The van der Waals surface area contributed by atoms with Crippen LogP contribution in [0.2, 0.25) is 0 Å². The van der Waals surface area contributed by atoms with Gasteiger partial charge in [-0.1, -0.05) is 38.5 Å². The van der Waals surface area contributed by atoms with Gasteiger partial charge in [-0.3, -0.25) is 4.79 Å². The Balaban J connectivity index is -0.000000103. The van der Waals surface area contributed by atoms with Gasteiger partial charge in [-0.2, -0.15) is 7.11 Å². The number of hydrogen-bond donors (Lipinski definition) is 3. The molecule has 0 saturated heterocycles. The normalized spacial score (nSPS) is 19.0. The summed E-state index contributed by atoms with van der Waals surface area (Å²) >= 11 is 0. The van der Waals surface area contributed by atoms with Gasteiger partial charge >= 0.3 is 65.1 Å². The first-order chi connectivity index (χ1) is 11.6. The van der Waals surface area contributed by atoms with Crippen molar-refractivity contribution in [3.8, 4) is 0 Å². The molecule has 0 heterocycles. The van der Waals surface area contributed by atoms with E-state index in [4.69, 9.17) is 21.7 Å². The minimum Gasteiger partial charge on any atom is -1.00 e. The summed E-state index contributed by atoms with van der Waals surface area (Å²) in [6, 6.07) is -0.351. The third-order valence-electron chi connectivity index (χ3n) is 5.10. The first-order valence-electron chi connectivity index (χ1n) is 9.20. The summed E-state index contributed by atoms with van der Waals surface area (Å²) in [5.41, 5.74) is 11.4. The SMILES string of the molecule is COC(=O)C(N)C1CCCCC1.C[O-].NC(CO)C1CCCCC1.[B].[H-].[Na+].[Na+]. The van der Waals surface area contributed by atoms with Gasteiger partial charge in [-0.05, 0) is 37.5 Å². The van der Waals surface area contributed by atoms with Gasteiger partial charge in [0.2, 0.25) is 0 Å². The first kappa shape index (κ1) is 35.8. The summed E-state index contributed by atoms with van der Waals surface area (Å²) in [5, 5.41) is 17.0. The van der Waals surface area contributed by atoms with Crippen LogP contribution in [0.1, 0.15) is 65.6 Å². The molecule has 2 aliphatic rings. The first-order valence-corrected chi connectivity index (χ1v) is 9.20. The monoisotopic (exact) mass is 403 g/mol. The molecule has 149 valence electrons. The number of nitrogens with two attached hydrogens (primary N) is 2. The number of aliphatic hydroxyl groups is 1. The van der Waals surface area contributed by atoms with Crippen LogP contribution in [-0.4, -0.2) is 52.4 Å². The van der Waals surface area contributed by atoms with E-state index in [1.165, 1.54) is 58.5 Å². The molecule has 0 bridgehead atoms. The van der Waals surface area contributed by atoms with Gasteiger partial charge in [0, 0.05) is 14.5 Å². The fourth-order valence-corrected chi connectivity index (χ4v) is 3.53. The van der Waals surface area contributed by atoms with Crippen LogP contribution >= 0.6 is 0 Å². The van der Waals surface area contributed by atoms with Crippen molar-refractivity contribution in [1.29, 1.82) is 0 Å². The largest absolute Gasteiger partial charge is 1.00 e. The molecule has 27 heavy (non-hydrogen) atoms. The van der Waals surface area contributed by atoms with Crippen LogP contribution in [0, 0.1) is 11.8 Å². The van der Waals surface area contributed by atoms with Crippen LogP contribution in [0.3, 0.4) is 0 Å². The number of carbonyl (C=O) groups excluding carboxylic acids is 1. The quantitative estimate of drug-likeness (QED) is 0.319. The van der Waals surface area contributed by atoms with Crippen LogP contribution in [0.25, 0.3) is 0 Å². The van der Waals surface area contributed by atoms with E-state index in [0.29, 0.717) is 11.8 Å². The Hall–Kier alpha value is 1.37. The Morgan fingerprint density at radius 2 is 1.37 bits per heavy atom. The summed E-state index contributed by atoms with van der Waals surface area (Å²) in [6.07, 6.45) is 12.3. The zero-order valence-corrected chi connectivity index (χ0v) is 22.0. The van der Waals surface area contributed by atoms with Crippen LogP contribution in [-0.2, 0) is 9.53 Å². The third-order valence-corrected chi connectivity index (χ3v) is 5.10. The number of esters is 1. The number of aliphatic hydroxyl groups excluding tert-OH is 1. The van der Waals surface area contributed by atoms with Crippen molar-refractivity contribution in [3.05, 3.63) is 0 Å². The summed E-state index contributed by atoms with van der Waals surface area (Å²) in [7, 11) is 2.14. The molecule has 2 unspecified atom stereocenters. The third kappa shape index (κ3) is 15.8. The Kier molecular flexibility index (Phi) is 31.4. The van der Waals surface area contributed by atoms with E-state index in [0.717, 1.165) is 20.0 Å². The number of carbonyl (C=O) groups is 1. The van der Waals surface area contributed by atoms with Crippen molar-refractivity contribution in [3.63, 3.8) is 0 Å². The van der Waals surface area contributed by atoms with E-state index in [-0.39, 0.29) is 87.6 Å². The van der Waals surface area contributed by atoms with Gasteiger partial charge in [0.25, 0.3) is 0 Å². The maximum atomic E-state index is 11.1. The minimum absolute atomic E-state index is 0. The average molecular weight is 403 g/mol. The van der Waals surface area contributed by atoms with E-state index < -0.39 is 6.04 Å². The molecule has 0 aromatic heterocycles. The second-order valence-corrected chi connectivity index (χ2v) is 6.69. The second kappa shape index (κ2) is 23.7. The average Bonchev–Trinajstić information content (AvgIpc) is 2.69. The van der Waals surface area contributed by atoms with Crippen molar-refractivity contribution in [2.45, 2.75) is 76.3 Å². The zero-order valence-electron chi connectivity index (χ0n) is 19.0. The smallest absolute Gasteiger partial charge is 1.00 e. The van der Waals surface area contributed by atoms with Gasteiger partial charge in [0.15, 0.2) is 0 Å². The van der Waals surface area contributed by atoms with Crippen molar-refractivity contribution in [2.24, 2.45) is 23.3 Å². The van der Waals surface area contributed by atoms with Crippen molar-refractivity contribution in [1.82, 2.24) is 0 Å². The van der Waals surface area contributed by atoms with Crippen LogP contribution in [0.4, 0.5) is 0 Å². The molecule has 3 radical (unpaired) electrons. The molecule has 6 nitrogen and oxygen atoms in total. The molecule has 2 fully saturated rings. The van der Waals surface area contributed by atoms with E-state index >= 15 is 0 Å². The predicted octanol–water partition coefficient (Wildman–Crippen LogP) is -5.33. The molecule has 2 aliphatic carbocycles. The summed E-state index contributed by atoms with van der Waals surface area (Å²) in [5.74, 6) is 0.687. The molecule has 9 heteroatoms. The van der Waals surface area contributed by atoms with Crippen molar-refractivity contribution < 1.29 is 80.3 Å². The number of hydrogen-bond acceptors (Lipinski definition) is 6. The van der Waals surface area contributed by atoms with Crippen LogP contribution in [0.5, 0.6) is 0 Å². The van der Waals surface area contributed by atoms with Crippen molar-refractivity contribution in [2.75, 3.05) is 20.8 Å². The molecule has 2 atom stereocenters. The van der Waals surface area contributed by atoms with E-state index in [1.807, 2.05) is 0 Å². The molecule has 0 aromatic carbocycles. The van der Waals surface area contributed by atoms with Gasteiger partial charge in [-0.15, -0.1) is 0 Å². The molecule has 0 spiro atoms. The minimum atomic E-state index is -0.393. The van der Waals surface area contributed by atoms with Gasteiger partial charge in [0.05, 0.1) is 13.7 Å². The molecule has 5 N–H and O–H groups in total. The summed E-state index contributed by atoms with van der Waals surface area (Å²) in [4.78, 5) is 11.1. The van der Waals surface area contributed by atoms with Gasteiger partial charge < -0.3 is 27.8 Å². The van der Waals surface area contributed by atoms with E-state index in [2.05, 4.69) is 4.74 Å². The molecule has 2 rings (SSSR count). The standard InChI is InChI=1S/C9H17NO2.C8H17NO.CH3O.B.2Na.H/c1-12-9(11)8(10)7-5-3-2-4-6-7;9-8(6-10)7-4-2-1-3-5-7;1-2;;;;/h7-8H,2-6,10H2,1H3;7-8,10H,1-6,9H2;1H3;;;;/q;;-1;;2*+1;-1. The molecule has 2 saturated carbocycles. The number of methoxy groups -OCH3 is 1. The molecule has 0 aromatic rings. The Morgan fingerprint density at radius 3 is 1.70 bits per heavy atom. The summed E-state index contributed by atoms with van der Waals surface area (Å²) in [6.45, 7) is 0.157. The van der Waals surface area contributed by atoms with Crippen molar-refractivity contribution >= 4 is 14.4 Å². The molecular weight excluding hydrogens is 365 g/mol. The fraction of sp³-hybridized carbons (Fsp3) is 0.944. The molecular formula is C18H38BN2Na2O4. The Morgan fingerprint density at radius 1 is 1.00 bits per heavy atom. The summed E-state index contributed by atoms with van der Waals surface area (Å²) < 4.78 is 4.60. The maximum Gasteiger partial charge on any atom is 1.00 e. The van der Waals surface area contributed by atoms with Crippen LogP contribution in [0.15, 0.2) is 0 Å². The zero-order chi connectivity index (χ0) is 18.4. The van der Waals surface area contributed by atoms with Gasteiger partial charge in [-0.25, -0.2) is 0 Å². The van der Waals surface area contributed by atoms with Crippen LogP contribution < -0.4 is 75.7 Å². The van der Waals surface area contributed by atoms with E-state index in [9.17, 15) is 4.79 Å². The Bertz CT molecular complexity index is 326. The number of rotatable bonds is 4. The fourth-order valence-electron chi connectivity index (χ4n) is 3.53.